The third kappa shape index (κ3) is 4.30. The predicted molar refractivity (Wildman–Crippen MR) is 101 cm³/mol. The summed E-state index contributed by atoms with van der Waals surface area (Å²) in [4.78, 5) is 16.5. The number of aromatic nitrogens is 1. The number of aryl methyl sites for hydroxylation is 3. The lowest BCUT2D eigenvalue weighted by atomic mass is 10.1. The van der Waals surface area contributed by atoms with Crippen molar-refractivity contribution in [2.24, 2.45) is 0 Å². The highest BCUT2D eigenvalue weighted by molar-refractivity contribution is 5.91. The summed E-state index contributed by atoms with van der Waals surface area (Å²) in [5, 5.41) is 2.95. The molecule has 0 radical (unpaired) electrons. The van der Waals surface area contributed by atoms with Crippen molar-refractivity contribution in [1.29, 1.82) is 0 Å². The summed E-state index contributed by atoms with van der Waals surface area (Å²) >= 11 is 0. The topological polar surface area (TPSA) is 64.4 Å². The van der Waals surface area contributed by atoms with E-state index in [2.05, 4.69) is 10.3 Å². The van der Waals surface area contributed by atoms with Crippen LogP contribution < -0.4 is 10.1 Å². The maximum Gasteiger partial charge on any atom is 0.224 e. The van der Waals surface area contributed by atoms with Crippen molar-refractivity contribution < 1.29 is 13.9 Å². The van der Waals surface area contributed by atoms with E-state index in [9.17, 15) is 4.79 Å². The largest absolute Gasteiger partial charge is 0.497 e. The third-order valence-corrected chi connectivity index (χ3v) is 4.16. The van der Waals surface area contributed by atoms with E-state index in [-0.39, 0.29) is 5.91 Å². The molecule has 134 valence electrons. The molecule has 5 heteroatoms. The fourth-order valence-corrected chi connectivity index (χ4v) is 2.62. The molecule has 0 spiro atoms. The molecule has 0 aliphatic rings. The Morgan fingerprint density at radius 1 is 1.15 bits per heavy atom. The maximum atomic E-state index is 12.2. The highest BCUT2D eigenvalue weighted by Gasteiger charge is 2.10. The number of benzene rings is 2. The van der Waals surface area contributed by atoms with Gasteiger partial charge in [0.25, 0.3) is 0 Å². The monoisotopic (exact) mass is 350 g/mol. The van der Waals surface area contributed by atoms with E-state index in [4.69, 9.17) is 9.15 Å². The Kier molecular flexibility index (Phi) is 5.37. The van der Waals surface area contributed by atoms with Gasteiger partial charge in [-0.3, -0.25) is 4.79 Å². The summed E-state index contributed by atoms with van der Waals surface area (Å²) in [6.45, 7) is 3.98. The number of ether oxygens (including phenoxy) is 1. The van der Waals surface area contributed by atoms with Gasteiger partial charge >= 0.3 is 0 Å². The van der Waals surface area contributed by atoms with Gasteiger partial charge in [0.1, 0.15) is 5.75 Å². The van der Waals surface area contributed by atoms with Crippen molar-refractivity contribution in [2.75, 3.05) is 12.4 Å². The molecule has 26 heavy (non-hydrogen) atoms. The molecule has 0 fully saturated rings. The summed E-state index contributed by atoms with van der Waals surface area (Å²) in [5.41, 5.74) is 3.93. The van der Waals surface area contributed by atoms with Crippen LogP contribution in [0.5, 0.6) is 5.75 Å². The standard InChI is InChI=1S/C21H22N2O3/c1-14-4-5-15(2)18(12-14)23-20(24)10-11-21-22-13-19(26-21)16-6-8-17(25-3)9-7-16/h4-9,12-13H,10-11H2,1-3H3,(H,23,24). The lowest BCUT2D eigenvalue weighted by molar-refractivity contribution is -0.116. The van der Waals surface area contributed by atoms with Crippen LogP contribution in [0.15, 0.2) is 53.1 Å². The summed E-state index contributed by atoms with van der Waals surface area (Å²) in [6.07, 6.45) is 2.45. The van der Waals surface area contributed by atoms with Gasteiger partial charge in [-0.1, -0.05) is 12.1 Å². The van der Waals surface area contributed by atoms with Crippen LogP contribution in [0, 0.1) is 13.8 Å². The van der Waals surface area contributed by atoms with E-state index in [1.165, 1.54) is 0 Å². The van der Waals surface area contributed by atoms with Crippen molar-refractivity contribution in [3.05, 3.63) is 65.7 Å². The first kappa shape index (κ1) is 17.7. The predicted octanol–water partition coefficient (Wildman–Crippen LogP) is 4.54. The number of hydrogen-bond donors (Lipinski definition) is 1. The minimum Gasteiger partial charge on any atom is -0.497 e. The first-order chi connectivity index (χ1) is 12.5. The first-order valence-electron chi connectivity index (χ1n) is 8.51. The highest BCUT2D eigenvalue weighted by Crippen LogP contribution is 2.23. The zero-order valence-electron chi connectivity index (χ0n) is 15.2. The molecule has 1 heterocycles. The summed E-state index contributed by atoms with van der Waals surface area (Å²) in [6, 6.07) is 13.6. The van der Waals surface area contributed by atoms with E-state index in [1.807, 2.05) is 56.3 Å². The smallest absolute Gasteiger partial charge is 0.224 e. The molecule has 0 saturated carbocycles. The second kappa shape index (κ2) is 7.87. The third-order valence-electron chi connectivity index (χ3n) is 4.16. The molecular formula is C21H22N2O3. The van der Waals surface area contributed by atoms with Crippen LogP contribution in [-0.2, 0) is 11.2 Å². The molecule has 0 atom stereocenters. The van der Waals surface area contributed by atoms with Gasteiger partial charge in [0.15, 0.2) is 11.7 Å². The van der Waals surface area contributed by atoms with Gasteiger partial charge in [0, 0.05) is 24.1 Å². The molecule has 3 rings (SSSR count). The molecule has 5 nitrogen and oxygen atoms in total. The number of carbonyl (C=O) groups excluding carboxylic acids is 1. The fourth-order valence-electron chi connectivity index (χ4n) is 2.62. The Balaban J connectivity index is 1.58. The van der Waals surface area contributed by atoms with Crippen LogP contribution in [0.3, 0.4) is 0 Å². The number of hydrogen-bond acceptors (Lipinski definition) is 4. The van der Waals surface area contributed by atoms with Crippen molar-refractivity contribution >= 4 is 11.6 Å². The molecule has 0 unspecified atom stereocenters. The molecule has 0 aliphatic heterocycles. The Bertz CT molecular complexity index is 898. The summed E-state index contributed by atoms with van der Waals surface area (Å²) in [5.74, 6) is 1.96. The van der Waals surface area contributed by atoms with E-state index >= 15 is 0 Å². The number of nitrogens with zero attached hydrogens (tertiary/aromatic N) is 1. The van der Waals surface area contributed by atoms with Crippen molar-refractivity contribution in [1.82, 2.24) is 4.98 Å². The molecule has 0 bridgehead atoms. The molecule has 0 saturated heterocycles. The lowest BCUT2D eigenvalue weighted by Gasteiger charge is -2.08. The quantitative estimate of drug-likeness (QED) is 0.709. The van der Waals surface area contributed by atoms with Crippen LogP contribution in [0.2, 0.25) is 0 Å². The average molecular weight is 350 g/mol. The molecule has 1 N–H and O–H groups in total. The number of carbonyl (C=O) groups is 1. The van der Waals surface area contributed by atoms with E-state index in [0.29, 0.717) is 24.5 Å². The average Bonchev–Trinajstić information content (AvgIpc) is 3.12. The second-order valence-corrected chi connectivity index (χ2v) is 6.21. The molecular weight excluding hydrogens is 328 g/mol. The van der Waals surface area contributed by atoms with Crippen LogP contribution in [0.1, 0.15) is 23.4 Å². The van der Waals surface area contributed by atoms with Gasteiger partial charge in [-0.2, -0.15) is 0 Å². The Labute approximate surface area is 153 Å². The van der Waals surface area contributed by atoms with Crippen LogP contribution >= 0.6 is 0 Å². The fraction of sp³-hybridized carbons (Fsp3) is 0.238. The van der Waals surface area contributed by atoms with Gasteiger partial charge in [-0.05, 0) is 55.3 Å². The minimum absolute atomic E-state index is 0.0529. The number of nitrogens with one attached hydrogen (secondary N) is 1. The Morgan fingerprint density at radius 3 is 2.65 bits per heavy atom. The molecule has 1 amide bonds. The van der Waals surface area contributed by atoms with Gasteiger partial charge in [-0.25, -0.2) is 4.98 Å². The normalized spacial score (nSPS) is 10.6. The maximum absolute atomic E-state index is 12.2. The molecule has 0 aliphatic carbocycles. The first-order valence-corrected chi connectivity index (χ1v) is 8.51. The van der Waals surface area contributed by atoms with Crippen molar-refractivity contribution in [3.8, 4) is 17.1 Å². The Morgan fingerprint density at radius 2 is 1.92 bits per heavy atom. The van der Waals surface area contributed by atoms with Crippen molar-refractivity contribution in [2.45, 2.75) is 26.7 Å². The van der Waals surface area contributed by atoms with E-state index in [0.717, 1.165) is 28.1 Å². The molecule has 1 aromatic heterocycles. The van der Waals surface area contributed by atoms with Crippen LogP contribution in [-0.4, -0.2) is 18.0 Å². The van der Waals surface area contributed by atoms with E-state index < -0.39 is 0 Å². The van der Waals surface area contributed by atoms with Gasteiger partial charge < -0.3 is 14.5 Å². The number of oxazole rings is 1. The lowest BCUT2D eigenvalue weighted by Crippen LogP contribution is -2.13. The zero-order chi connectivity index (χ0) is 18.5. The summed E-state index contributed by atoms with van der Waals surface area (Å²) in [7, 11) is 1.63. The van der Waals surface area contributed by atoms with Gasteiger partial charge in [0.2, 0.25) is 5.91 Å². The van der Waals surface area contributed by atoms with Gasteiger partial charge in [-0.15, -0.1) is 0 Å². The number of anilines is 1. The zero-order valence-corrected chi connectivity index (χ0v) is 15.2. The van der Waals surface area contributed by atoms with Crippen LogP contribution in [0.25, 0.3) is 11.3 Å². The number of amides is 1. The Hall–Kier alpha value is -3.08. The second-order valence-electron chi connectivity index (χ2n) is 6.21. The van der Waals surface area contributed by atoms with E-state index in [1.54, 1.807) is 13.3 Å². The van der Waals surface area contributed by atoms with Crippen molar-refractivity contribution in [3.63, 3.8) is 0 Å². The van der Waals surface area contributed by atoms with Crippen LogP contribution in [0.4, 0.5) is 5.69 Å². The van der Waals surface area contributed by atoms with Gasteiger partial charge in [0.05, 0.1) is 13.3 Å². The minimum atomic E-state index is -0.0529. The molecule has 3 aromatic rings. The number of methoxy groups -OCH3 is 1. The summed E-state index contributed by atoms with van der Waals surface area (Å²) < 4.78 is 10.9. The number of rotatable bonds is 6. The molecule has 2 aromatic carbocycles. The highest BCUT2D eigenvalue weighted by atomic mass is 16.5. The SMILES string of the molecule is COc1ccc(-c2cnc(CCC(=O)Nc3cc(C)ccc3C)o2)cc1.